The summed E-state index contributed by atoms with van der Waals surface area (Å²) in [6.07, 6.45) is 1.62. The highest BCUT2D eigenvalue weighted by molar-refractivity contribution is 5.37. The maximum absolute atomic E-state index is 10.4. The van der Waals surface area contributed by atoms with Crippen LogP contribution in [0.25, 0.3) is 0 Å². The number of carbonyl (C=O) groups is 1. The number of rotatable bonds is 4. The highest BCUT2D eigenvalue weighted by atomic mass is 16.7. The van der Waals surface area contributed by atoms with E-state index < -0.39 is 6.29 Å². The summed E-state index contributed by atoms with van der Waals surface area (Å²) < 4.78 is 10.2. The minimum absolute atomic E-state index is 0.281. The molecule has 0 radical (unpaired) electrons. The largest absolute Gasteiger partial charge is 0.438 e. The first-order chi connectivity index (χ1) is 7.10. The SMILES string of the molecule is COC(OC=O)C1CC(C)=C(C)CC1C. The van der Waals surface area contributed by atoms with Crippen molar-refractivity contribution in [1.82, 2.24) is 0 Å². The van der Waals surface area contributed by atoms with Crippen molar-refractivity contribution in [2.75, 3.05) is 7.11 Å². The summed E-state index contributed by atoms with van der Waals surface area (Å²) in [7, 11) is 1.58. The molecule has 1 aliphatic rings. The second-order valence-electron chi connectivity index (χ2n) is 4.45. The van der Waals surface area contributed by atoms with Gasteiger partial charge in [0.25, 0.3) is 6.47 Å². The van der Waals surface area contributed by atoms with Crippen LogP contribution in [0.3, 0.4) is 0 Å². The van der Waals surface area contributed by atoms with Gasteiger partial charge in [0, 0.05) is 13.0 Å². The molecule has 0 N–H and O–H groups in total. The number of hydrogen-bond donors (Lipinski definition) is 0. The van der Waals surface area contributed by atoms with Gasteiger partial charge in [-0.3, -0.25) is 4.79 Å². The van der Waals surface area contributed by atoms with E-state index in [-0.39, 0.29) is 5.92 Å². The smallest absolute Gasteiger partial charge is 0.295 e. The minimum Gasteiger partial charge on any atom is -0.438 e. The zero-order valence-electron chi connectivity index (χ0n) is 9.95. The summed E-state index contributed by atoms with van der Waals surface area (Å²) in [5.74, 6) is 0.780. The van der Waals surface area contributed by atoms with Crippen molar-refractivity contribution in [3.63, 3.8) is 0 Å². The van der Waals surface area contributed by atoms with E-state index in [2.05, 4.69) is 20.8 Å². The molecule has 0 spiro atoms. The van der Waals surface area contributed by atoms with Crippen molar-refractivity contribution in [2.24, 2.45) is 11.8 Å². The van der Waals surface area contributed by atoms with Crippen LogP contribution in [-0.4, -0.2) is 19.9 Å². The average Bonchev–Trinajstić information content (AvgIpc) is 2.20. The van der Waals surface area contributed by atoms with Gasteiger partial charge in [0.2, 0.25) is 6.29 Å². The molecule has 1 aliphatic carbocycles. The fourth-order valence-electron chi connectivity index (χ4n) is 2.29. The third-order valence-electron chi connectivity index (χ3n) is 3.40. The van der Waals surface area contributed by atoms with Gasteiger partial charge in [0.05, 0.1) is 0 Å². The van der Waals surface area contributed by atoms with Crippen molar-refractivity contribution in [3.8, 4) is 0 Å². The minimum atomic E-state index is -0.402. The maximum Gasteiger partial charge on any atom is 0.295 e. The molecule has 0 amide bonds. The molecule has 0 saturated heterocycles. The average molecular weight is 212 g/mol. The molecule has 0 aliphatic heterocycles. The van der Waals surface area contributed by atoms with Crippen LogP contribution in [0.5, 0.6) is 0 Å². The fourth-order valence-corrected chi connectivity index (χ4v) is 2.29. The normalized spacial score (nSPS) is 28.8. The molecule has 0 aromatic heterocycles. The number of carbonyl (C=O) groups excluding carboxylic acids is 1. The molecule has 3 heteroatoms. The highest BCUT2D eigenvalue weighted by Crippen LogP contribution is 2.36. The van der Waals surface area contributed by atoms with Crippen LogP contribution in [0, 0.1) is 11.8 Å². The fraction of sp³-hybridized carbons (Fsp3) is 0.750. The van der Waals surface area contributed by atoms with Crippen molar-refractivity contribution in [1.29, 1.82) is 0 Å². The molecule has 0 saturated carbocycles. The molecular weight excluding hydrogens is 192 g/mol. The first-order valence-corrected chi connectivity index (χ1v) is 5.37. The predicted octanol–water partition coefficient (Wildman–Crippen LogP) is 2.51. The quantitative estimate of drug-likeness (QED) is 0.408. The van der Waals surface area contributed by atoms with E-state index in [1.54, 1.807) is 7.11 Å². The lowest BCUT2D eigenvalue weighted by atomic mass is 9.77. The van der Waals surface area contributed by atoms with Crippen molar-refractivity contribution < 1.29 is 14.3 Å². The Morgan fingerprint density at radius 3 is 2.47 bits per heavy atom. The molecule has 1 rings (SSSR count). The molecule has 3 unspecified atom stereocenters. The molecule has 0 aromatic carbocycles. The molecule has 0 bridgehead atoms. The van der Waals surface area contributed by atoms with Crippen molar-refractivity contribution in [3.05, 3.63) is 11.1 Å². The first kappa shape index (κ1) is 12.2. The van der Waals surface area contributed by atoms with Crippen LogP contribution in [0.15, 0.2) is 11.1 Å². The number of ether oxygens (including phenoxy) is 2. The zero-order valence-corrected chi connectivity index (χ0v) is 9.95. The van der Waals surface area contributed by atoms with Crippen LogP contribution in [0.4, 0.5) is 0 Å². The second kappa shape index (κ2) is 5.31. The summed E-state index contributed by atoms with van der Waals surface area (Å²) in [6, 6.07) is 0. The Morgan fingerprint density at radius 2 is 1.93 bits per heavy atom. The molecule has 0 fully saturated rings. The lowest BCUT2D eigenvalue weighted by Gasteiger charge is -2.34. The van der Waals surface area contributed by atoms with E-state index in [0.717, 1.165) is 12.8 Å². The van der Waals surface area contributed by atoms with Gasteiger partial charge >= 0.3 is 0 Å². The van der Waals surface area contributed by atoms with Gasteiger partial charge in [-0.25, -0.2) is 0 Å². The highest BCUT2D eigenvalue weighted by Gasteiger charge is 2.31. The summed E-state index contributed by atoms with van der Waals surface area (Å²) in [5, 5.41) is 0. The Hall–Kier alpha value is -0.830. The molecule has 3 atom stereocenters. The monoisotopic (exact) mass is 212 g/mol. The molecule has 0 aromatic rings. The van der Waals surface area contributed by atoms with Crippen LogP contribution in [0.1, 0.15) is 33.6 Å². The van der Waals surface area contributed by atoms with Crippen LogP contribution >= 0.6 is 0 Å². The van der Waals surface area contributed by atoms with E-state index >= 15 is 0 Å². The number of methoxy groups -OCH3 is 1. The molecule has 0 heterocycles. The third kappa shape index (κ3) is 2.81. The van der Waals surface area contributed by atoms with Gasteiger partial charge in [0.1, 0.15) is 0 Å². The van der Waals surface area contributed by atoms with Crippen molar-refractivity contribution >= 4 is 6.47 Å². The third-order valence-corrected chi connectivity index (χ3v) is 3.40. The predicted molar refractivity (Wildman–Crippen MR) is 58.2 cm³/mol. The van der Waals surface area contributed by atoms with Gasteiger partial charge in [-0.1, -0.05) is 18.1 Å². The van der Waals surface area contributed by atoms with Crippen LogP contribution in [0.2, 0.25) is 0 Å². The number of allylic oxidation sites excluding steroid dienone is 2. The molecule has 3 nitrogen and oxygen atoms in total. The summed E-state index contributed by atoms with van der Waals surface area (Å²) >= 11 is 0. The Morgan fingerprint density at radius 1 is 1.33 bits per heavy atom. The lowest BCUT2D eigenvalue weighted by Crippen LogP contribution is -2.33. The molecule has 15 heavy (non-hydrogen) atoms. The summed E-state index contributed by atoms with van der Waals surface area (Å²) in [5.41, 5.74) is 2.86. The van der Waals surface area contributed by atoms with E-state index in [0.29, 0.717) is 12.4 Å². The summed E-state index contributed by atoms with van der Waals surface area (Å²) in [6.45, 7) is 6.97. The first-order valence-electron chi connectivity index (χ1n) is 5.37. The van der Waals surface area contributed by atoms with E-state index in [4.69, 9.17) is 9.47 Å². The van der Waals surface area contributed by atoms with Gasteiger partial charge < -0.3 is 9.47 Å². The lowest BCUT2D eigenvalue weighted by molar-refractivity contribution is -0.175. The van der Waals surface area contributed by atoms with E-state index in [1.807, 2.05) is 0 Å². The Labute approximate surface area is 91.4 Å². The molecular formula is C12H20O3. The Kier molecular flexibility index (Phi) is 4.33. The van der Waals surface area contributed by atoms with Crippen LogP contribution in [-0.2, 0) is 14.3 Å². The topological polar surface area (TPSA) is 35.5 Å². The van der Waals surface area contributed by atoms with Gasteiger partial charge in [-0.15, -0.1) is 0 Å². The Balaban J connectivity index is 2.73. The standard InChI is InChI=1S/C12H20O3/c1-8-5-10(3)11(6-9(8)2)12(14-4)15-7-13/h7,10-12H,5-6H2,1-4H3. The van der Waals surface area contributed by atoms with Crippen LogP contribution < -0.4 is 0 Å². The Bertz CT molecular complexity index is 258. The maximum atomic E-state index is 10.4. The molecule has 86 valence electrons. The zero-order chi connectivity index (χ0) is 11.4. The van der Waals surface area contributed by atoms with Gasteiger partial charge in [-0.05, 0) is 32.6 Å². The van der Waals surface area contributed by atoms with E-state index in [1.165, 1.54) is 11.1 Å². The summed E-state index contributed by atoms with van der Waals surface area (Å²) in [4.78, 5) is 10.4. The van der Waals surface area contributed by atoms with Gasteiger partial charge in [-0.2, -0.15) is 0 Å². The number of hydrogen-bond acceptors (Lipinski definition) is 3. The van der Waals surface area contributed by atoms with Gasteiger partial charge in [0.15, 0.2) is 0 Å². The van der Waals surface area contributed by atoms with E-state index in [9.17, 15) is 4.79 Å². The van der Waals surface area contributed by atoms with Crippen molar-refractivity contribution in [2.45, 2.75) is 39.9 Å². The second-order valence-corrected chi connectivity index (χ2v) is 4.45.